The molecule has 0 spiro atoms. The molecule has 2 aromatic carbocycles. The Morgan fingerprint density at radius 2 is 1.93 bits per heavy atom. The van der Waals surface area contributed by atoms with Crippen molar-refractivity contribution in [2.75, 3.05) is 7.05 Å². The topological polar surface area (TPSA) is 76.0 Å². The Morgan fingerprint density at radius 3 is 2.62 bits per heavy atom. The predicted molar refractivity (Wildman–Crippen MR) is 113 cm³/mol. The Hall–Kier alpha value is -2.48. The van der Waals surface area contributed by atoms with Gasteiger partial charge in [-0.1, -0.05) is 48.5 Å². The first kappa shape index (κ1) is 19.8. The molecule has 2 N–H and O–H groups in total. The molecule has 2 atom stereocenters. The second kappa shape index (κ2) is 8.10. The molecule has 4 rings (SSSR count). The van der Waals surface area contributed by atoms with Crippen LogP contribution in [0.3, 0.4) is 0 Å². The summed E-state index contributed by atoms with van der Waals surface area (Å²) in [5, 5.41) is 7.40. The van der Waals surface area contributed by atoms with Gasteiger partial charge in [-0.05, 0) is 42.1 Å². The monoisotopic (exact) mass is 410 g/mol. The van der Waals surface area contributed by atoms with Crippen LogP contribution < -0.4 is 10.0 Å². The van der Waals surface area contributed by atoms with Crippen LogP contribution in [0.1, 0.15) is 28.2 Å². The summed E-state index contributed by atoms with van der Waals surface area (Å²) in [6, 6.07) is 17.2. The first-order valence-electron chi connectivity index (χ1n) is 9.77. The zero-order chi connectivity index (χ0) is 20.4. The highest BCUT2D eigenvalue weighted by molar-refractivity contribution is 7.89. The molecule has 0 saturated carbocycles. The fraction of sp³-hybridized carbons (Fsp3) is 0.318. The van der Waals surface area contributed by atoms with Crippen LogP contribution in [0.5, 0.6) is 0 Å². The van der Waals surface area contributed by atoms with Crippen molar-refractivity contribution in [3.05, 3.63) is 83.2 Å². The summed E-state index contributed by atoms with van der Waals surface area (Å²) in [7, 11) is 0.135. The molecule has 0 fully saturated rings. The van der Waals surface area contributed by atoms with E-state index >= 15 is 0 Å². The van der Waals surface area contributed by atoms with E-state index < -0.39 is 10.0 Å². The number of rotatable bonds is 7. The van der Waals surface area contributed by atoms with Crippen LogP contribution in [-0.2, 0) is 36.5 Å². The number of sulfonamides is 1. The molecule has 3 aromatic rings. The van der Waals surface area contributed by atoms with Crippen molar-refractivity contribution in [2.45, 2.75) is 36.2 Å². The van der Waals surface area contributed by atoms with Gasteiger partial charge in [-0.25, -0.2) is 13.1 Å². The molecule has 1 heterocycles. The van der Waals surface area contributed by atoms with Gasteiger partial charge in [0.2, 0.25) is 10.0 Å². The lowest BCUT2D eigenvalue weighted by atomic mass is 9.90. The molecule has 0 aliphatic heterocycles. The fourth-order valence-corrected chi connectivity index (χ4v) is 5.10. The summed E-state index contributed by atoms with van der Waals surface area (Å²) in [6.07, 6.45) is 4.81. The Kier molecular flexibility index (Phi) is 5.54. The maximum atomic E-state index is 12.5. The molecule has 1 aliphatic rings. The molecule has 0 radical (unpaired) electrons. The van der Waals surface area contributed by atoms with Gasteiger partial charge >= 0.3 is 0 Å². The standard InChI is InChI=1S/C22H26N4O2S/c1-23-22-12-18-9-8-17(13-25-29(27,28)19-14-24-26(2)15-19)11-20(18)21(22)10-16-6-4-3-5-7-16/h3-9,11,14-15,21-23,25H,10,12-13H2,1-2H3. The van der Waals surface area contributed by atoms with Gasteiger partial charge < -0.3 is 5.32 Å². The first-order valence-corrected chi connectivity index (χ1v) is 11.3. The summed E-state index contributed by atoms with van der Waals surface area (Å²) in [6.45, 7) is 0.257. The number of likely N-dealkylation sites (N-methyl/N-ethyl adjacent to an activating group) is 1. The van der Waals surface area contributed by atoms with Crippen molar-refractivity contribution in [3.8, 4) is 0 Å². The molecule has 6 nitrogen and oxygen atoms in total. The van der Waals surface area contributed by atoms with Gasteiger partial charge in [0, 0.05) is 31.7 Å². The predicted octanol–water partition coefficient (Wildman–Crippen LogP) is 2.37. The second-order valence-corrected chi connectivity index (χ2v) is 9.37. The number of aryl methyl sites for hydroxylation is 1. The Balaban J connectivity index is 1.54. The number of hydrogen-bond donors (Lipinski definition) is 2. The summed E-state index contributed by atoms with van der Waals surface area (Å²) in [5.41, 5.74) is 4.93. The summed E-state index contributed by atoms with van der Waals surface area (Å²) in [5.74, 6) is 0.368. The smallest absolute Gasteiger partial charge is 0.243 e. The lowest BCUT2D eigenvalue weighted by Crippen LogP contribution is -2.30. The first-order chi connectivity index (χ1) is 14.0. The van der Waals surface area contributed by atoms with Crippen LogP contribution >= 0.6 is 0 Å². The van der Waals surface area contributed by atoms with Crippen LogP contribution in [0.15, 0.2) is 65.8 Å². The average molecular weight is 411 g/mol. The highest BCUT2D eigenvalue weighted by Crippen LogP contribution is 2.36. The van der Waals surface area contributed by atoms with Gasteiger partial charge in [0.25, 0.3) is 0 Å². The molecule has 1 aliphatic carbocycles. The quantitative estimate of drug-likeness (QED) is 0.627. The molecule has 0 bridgehead atoms. The van der Waals surface area contributed by atoms with Gasteiger partial charge in [-0.15, -0.1) is 0 Å². The third-order valence-electron chi connectivity index (χ3n) is 5.66. The molecule has 29 heavy (non-hydrogen) atoms. The number of fused-ring (bicyclic) bond motifs is 1. The average Bonchev–Trinajstić information content (AvgIpc) is 3.31. The van der Waals surface area contributed by atoms with E-state index in [1.807, 2.05) is 19.2 Å². The summed E-state index contributed by atoms with van der Waals surface area (Å²) < 4.78 is 29.1. The van der Waals surface area contributed by atoms with Crippen molar-refractivity contribution in [2.24, 2.45) is 7.05 Å². The Labute approximate surface area is 172 Å². The molecule has 7 heteroatoms. The SMILES string of the molecule is CNC1Cc2ccc(CNS(=O)(=O)c3cnn(C)c3)cc2C1Cc1ccccc1. The molecular formula is C22H26N4O2S. The number of hydrogen-bond acceptors (Lipinski definition) is 4. The molecular weight excluding hydrogens is 384 g/mol. The van der Waals surface area contributed by atoms with E-state index in [-0.39, 0.29) is 11.4 Å². The van der Waals surface area contributed by atoms with Crippen LogP contribution in [0.25, 0.3) is 0 Å². The number of benzene rings is 2. The maximum Gasteiger partial charge on any atom is 0.243 e. The third kappa shape index (κ3) is 4.27. The van der Waals surface area contributed by atoms with E-state index in [2.05, 4.69) is 51.5 Å². The van der Waals surface area contributed by atoms with E-state index in [1.165, 1.54) is 33.8 Å². The molecule has 0 saturated heterocycles. The largest absolute Gasteiger partial charge is 0.316 e. The summed E-state index contributed by atoms with van der Waals surface area (Å²) in [4.78, 5) is 0.179. The number of nitrogens with one attached hydrogen (secondary N) is 2. The highest BCUT2D eigenvalue weighted by Gasteiger charge is 2.31. The van der Waals surface area contributed by atoms with Crippen molar-refractivity contribution in [3.63, 3.8) is 0 Å². The number of aromatic nitrogens is 2. The highest BCUT2D eigenvalue weighted by atomic mass is 32.2. The van der Waals surface area contributed by atoms with E-state index in [1.54, 1.807) is 7.05 Å². The van der Waals surface area contributed by atoms with Gasteiger partial charge in [-0.3, -0.25) is 4.68 Å². The Morgan fingerprint density at radius 1 is 1.14 bits per heavy atom. The zero-order valence-electron chi connectivity index (χ0n) is 16.7. The van der Waals surface area contributed by atoms with E-state index in [9.17, 15) is 8.42 Å². The molecule has 1 aromatic heterocycles. The van der Waals surface area contributed by atoms with Crippen molar-refractivity contribution in [1.29, 1.82) is 0 Å². The zero-order valence-corrected chi connectivity index (χ0v) is 17.5. The van der Waals surface area contributed by atoms with Crippen LogP contribution in [0.2, 0.25) is 0 Å². The van der Waals surface area contributed by atoms with Crippen molar-refractivity contribution < 1.29 is 8.42 Å². The van der Waals surface area contributed by atoms with Crippen molar-refractivity contribution >= 4 is 10.0 Å². The molecule has 152 valence electrons. The lowest BCUT2D eigenvalue weighted by Gasteiger charge is -2.20. The Bertz CT molecular complexity index is 1090. The molecule has 0 amide bonds. The minimum Gasteiger partial charge on any atom is -0.316 e. The van der Waals surface area contributed by atoms with Crippen LogP contribution in [0, 0.1) is 0 Å². The van der Waals surface area contributed by atoms with Crippen LogP contribution in [-0.4, -0.2) is 31.3 Å². The van der Waals surface area contributed by atoms with Gasteiger partial charge in [-0.2, -0.15) is 5.10 Å². The van der Waals surface area contributed by atoms with Gasteiger partial charge in [0.1, 0.15) is 4.90 Å². The van der Waals surface area contributed by atoms with Gasteiger partial charge in [0.15, 0.2) is 0 Å². The van der Waals surface area contributed by atoms with Crippen LogP contribution in [0.4, 0.5) is 0 Å². The summed E-state index contributed by atoms with van der Waals surface area (Å²) >= 11 is 0. The fourth-order valence-electron chi connectivity index (χ4n) is 4.10. The maximum absolute atomic E-state index is 12.5. The minimum absolute atomic E-state index is 0.179. The lowest BCUT2D eigenvalue weighted by molar-refractivity contribution is 0.492. The molecule has 2 unspecified atom stereocenters. The second-order valence-electron chi connectivity index (χ2n) is 7.60. The van der Waals surface area contributed by atoms with E-state index in [0.29, 0.717) is 12.0 Å². The van der Waals surface area contributed by atoms with E-state index in [4.69, 9.17) is 0 Å². The van der Waals surface area contributed by atoms with Crippen molar-refractivity contribution in [1.82, 2.24) is 19.8 Å². The van der Waals surface area contributed by atoms with Gasteiger partial charge in [0.05, 0.1) is 6.20 Å². The minimum atomic E-state index is -3.57. The normalized spacial score (nSPS) is 18.7. The van der Waals surface area contributed by atoms with E-state index in [0.717, 1.165) is 18.4 Å². The number of nitrogens with zero attached hydrogens (tertiary/aromatic N) is 2. The third-order valence-corrected chi connectivity index (χ3v) is 7.02.